The summed E-state index contributed by atoms with van der Waals surface area (Å²) in [6, 6.07) is 0. The van der Waals surface area contributed by atoms with Crippen LogP contribution in [0.5, 0.6) is 0 Å². The Morgan fingerprint density at radius 3 is 1.00 bits per heavy atom. The molecule has 0 aromatic rings. The van der Waals surface area contributed by atoms with Crippen LogP contribution in [-0.2, 0) is 16.5 Å². The zero-order chi connectivity index (χ0) is 0. The monoisotopic (exact) mass is 188 g/mol. The molecule has 0 rings (SSSR count). The molecule has 0 aliphatic carbocycles. The summed E-state index contributed by atoms with van der Waals surface area (Å²) in [5, 5.41) is 0. The summed E-state index contributed by atoms with van der Waals surface area (Å²) < 4.78 is 0. The van der Waals surface area contributed by atoms with Crippen LogP contribution in [0.1, 0.15) is 0 Å². The Bertz CT molecular complexity index is 8.00. The zero-order valence-electron chi connectivity index (χ0n) is 1.13. The van der Waals surface area contributed by atoms with Crippen LogP contribution in [0.3, 0.4) is 0 Å². The fourth-order valence-corrected chi connectivity index (χ4v) is 0. The van der Waals surface area contributed by atoms with E-state index in [2.05, 4.69) is 0 Å². The molecule has 0 amide bonds. The first kappa shape index (κ1) is 51.9. The Labute approximate surface area is 55.5 Å². The molecule has 0 saturated heterocycles. The van der Waals surface area contributed by atoms with Crippen molar-refractivity contribution in [3.63, 3.8) is 0 Å². The molecule has 4 heavy (non-hydrogen) atoms. The first-order chi connectivity index (χ1) is 0. The van der Waals surface area contributed by atoms with Gasteiger partial charge in [0.2, 0.25) is 0 Å². The van der Waals surface area contributed by atoms with Crippen LogP contribution >= 0.6 is 17.0 Å². The number of hydrogen-bond acceptors (Lipinski definition) is 0. The Morgan fingerprint density at radius 1 is 1.00 bits per heavy atom. The largest absolute Gasteiger partial charge is 0.269 e. The molecule has 0 radical (unpaired) electrons. The van der Waals surface area contributed by atoms with Crippen LogP contribution in [0.15, 0.2) is 0 Å². The van der Waals surface area contributed by atoms with Gasteiger partial charge in [0.25, 0.3) is 0 Å². The quantitative estimate of drug-likeness (QED) is 0.453. The molecule has 0 atom stereocenters. The van der Waals surface area contributed by atoms with Crippen LogP contribution in [0.25, 0.3) is 0 Å². The average Bonchev–Trinajstić information content (AvgIpc) is 0. The van der Waals surface area contributed by atoms with E-state index in [9.17, 15) is 0 Å². The van der Waals surface area contributed by atoms with Crippen LogP contribution in [0.2, 0.25) is 0 Å². The molecule has 32 valence electrons. The van der Waals surface area contributed by atoms with Crippen molar-refractivity contribution in [1.82, 2.24) is 0 Å². The van der Waals surface area contributed by atoms with Crippen molar-refractivity contribution in [2.45, 2.75) is 0 Å². The number of halogens is 2. The summed E-state index contributed by atoms with van der Waals surface area (Å²) in [4.78, 5) is 0. The van der Waals surface area contributed by atoms with E-state index in [0.29, 0.717) is 0 Å². The molecule has 0 bridgehead atoms. The predicted octanol–water partition coefficient (Wildman–Crippen LogP) is -0.456. The molecule has 0 aromatic heterocycles. The zero-order valence-corrected chi connectivity index (χ0v) is 3.83. The summed E-state index contributed by atoms with van der Waals surface area (Å²) in [5.74, 6) is 0. The normalized spacial score (nSPS) is 0. The van der Waals surface area contributed by atoms with Gasteiger partial charge in [0.05, 0.1) is 0 Å². The van der Waals surface area contributed by atoms with E-state index >= 15 is 0 Å². The Kier molecular flexibility index (Phi) is 329. The Hall–Kier alpha value is 1.44. The van der Waals surface area contributed by atoms with Crippen molar-refractivity contribution in [2.75, 3.05) is 0 Å². The van der Waals surface area contributed by atoms with Crippen molar-refractivity contribution in [2.24, 2.45) is 0 Å². The van der Waals surface area contributed by atoms with Crippen LogP contribution in [-0.4, -0.2) is 17.4 Å². The minimum atomic E-state index is 0. The Morgan fingerprint density at radius 2 is 1.00 bits per heavy atom. The smallest absolute Gasteiger partial charge is 0.187 e. The van der Waals surface area contributed by atoms with Gasteiger partial charge in [-0.3, -0.25) is 4.70 Å². The molecule has 0 spiro atoms. The first-order valence-corrected chi connectivity index (χ1v) is 0. The van der Waals surface area contributed by atoms with E-state index in [4.69, 9.17) is 0 Å². The SMILES string of the molecule is Br.F.[AlH3].[Ni]. The van der Waals surface area contributed by atoms with Crippen LogP contribution in [0, 0.1) is 0 Å². The molecule has 0 aliphatic heterocycles. The van der Waals surface area contributed by atoms with Crippen LogP contribution in [0.4, 0.5) is 4.70 Å². The fourth-order valence-electron chi connectivity index (χ4n) is 0. The van der Waals surface area contributed by atoms with Gasteiger partial charge in [-0.2, -0.15) is 0 Å². The van der Waals surface area contributed by atoms with Crippen LogP contribution < -0.4 is 0 Å². The van der Waals surface area contributed by atoms with Crippen molar-refractivity contribution in [3.8, 4) is 0 Å². The third-order valence-electron chi connectivity index (χ3n) is 0. The summed E-state index contributed by atoms with van der Waals surface area (Å²) in [6.07, 6.45) is 0. The molecule has 0 heterocycles. The Balaban J connectivity index is 0. The van der Waals surface area contributed by atoms with Crippen molar-refractivity contribution in [1.29, 1.82) is 0 Å². The minimum absolute atomic E-state index is 0. The molecule has 4 heteroatoms. The summed E-state index contributed by atoms with van der Waals surface area (Å²) in [6.45, 7) is 0. The second kappa shape index (κ2) is 25.4. The van der Waals surface area contributed by atoms with E-state index in [1.165, 1.54) is 0 Å². The van der Waals surface area contributed by atoms with E-state index in [0.717, 1.165) is 0 Å². The molecular formula is H5AlBrFNi. The van der Waals surface area contributed by atoms with Gasteiger partial charge in [0.1, 0.15) is 0 Å². The molecule has 0 aromatic carbocycles. The standard InChI is InChI=1S/Al.BrH.FH.Ni.3H/h;2*1H;;;;. The molecule has 0 aliphatic rings. The maximum absolute atomic E-state index is 0. The van der Waals surface area contributed by atoms with Crippen molar-refractivity contribution >= 4 is 34.3 Å². The second-order valence-corrected chi connectivity index (χ2v) is 0. The van der Waals surface area contributed by atoms with Gasteiger partial charge >= 0.3 is 0 Å². The molecule has 0 saturated carbocycles. The summed E-state index contributed by atoms with van der Waals surface area (Å²) in [5.41, 5.74) is 0. The molecule has 0 N–H and O–H groups in total. The van der Waals surface area contributed by atoms with Gasteiger partial charge in [-0.15, -0.1) is 17.0 Å². The van der Waals surface area contributed by atoms with Crippen molar-refractivity contribution < 1.29 is 21.2 Å². The number of hydrogen-bond donors (Lipinski definition) is 0. The molecule has 0 nitrogen and oxygen atoms in total. The maximum atomic E-state index is 0. The van der Waals surface area contributed by atoms with Gasteiger partial charge in [0.15, 0.2) is 17.4 Å². The predicted molar refractivity (Wildman–Crippen MR) is 22.8 cm³/mol. The first-order valence-electron chi connectivity index (χ1n) is 0. The van der Waals surface area contributed by atoms with Gasteiger partial charge in [-0.1, -0.05) is 0 Å². The third-order valence-corrected chi connectivity index (χ3v) is 0. The van der Waals surface area contributed by atoms with Gasteiger partial charge in [-0.25, -0.2) is 0 Å². The number of rotatable bonds is 0. The second-order valence-electron chi connectivity index (χ2n) is 0. The van der Waals surface area contributed by atoms with E-state index < -0.39 is 0 Å². The van der Waals surface area contributed by atoms with E-state index in [1.807, 2.05) is 0 Å². The van der Waals surface area contributed by atoms with E-state index in [-0.39, 0.29) is 55.5 Å². The maximum Gasteiger partial charge on any atom is 0.187 e. The molecule has 0 fully saturated rings. The van der Waals surface area contributed by atoms with E-state index in [1.54, 1.807) is 0 Å². The third kappa shape index (κ3) is 9.89. The average molecular weight is 190 g/mol. The van der Waals surface area contributed by atoms with Crippen molar-refractivity contribution in [3.05, 3.63) is 0 Å². The summed E-state index contributed by atoms with van der Waals surface area (Å²) >= 11 is 0. The minimum Gasteiger partial charge on any atom is -0.269 e. The molecule has 0 unspecified atom stereocenters. The van der Waals surface area contributed by atoms with Gasteiger partial charge < -0.3 is 0 Å². The summed E-state index contributed by atoms with van der Waals surface area (Å²) in [7, 11) is 0. The topological polar surface area (TPSA) is 0 Å². The molecular weight excluding hydrogens is 185 g/mol. The van der Waals surface area contributed by atoms with Gasteiger partial charge in [-0.05, 0) is 0 Å². The fraction of sp³-hybridized carbons (Fsp3) is 0. The van der Waals surface area contributed by atoms with Gasteiger partial charge in [0, 0.05) is 16.5 Å².